The summed E-state index contributed by atoms with van der Waals surface area (Å²) in [5.74, 6) is -0.0556. The molecule has 0 aliphatic carbocycles. The molecule has 4 heteroatoms. The van der Waals surface area contributed by atoms with E-state index >= 15 is 0 Å². The van der Waals surface area contributed by atoms with Crippen molar-refractivity contribution >= 4 is 38.9 Å². The Morgan fingerprint density at radius 2 is 2.16 bits per heavy atom. The number of hydrogen-bond acceptors (Lipinski definition) is 2. The molecule has 1 aromatic heterocycles. The van der Waals surface area contributed by atoms with Crippen molar-refractivity contribution in [1.82, 2.24) is 5.32 Å². The Balaban J connectivity index is 2.15. The summed E-state index contributed by atoms with van der Waals surface area (Å²) in [7, 11) is 0. The first-order chi connectivity index (χ1) is 9.13. The maximum absolute atomic E-state index is 12.1. The minimum absolute atomic E-state index is 0.0556. The lowest BCUT2D eigenvalue weighted by Gasteiger charge is -2.02. The van der Waals surface area contributed by atoms with E-state index < -0.39 is 0 Å². The van der Waals surface area contributed by atoms with Gasteiger partial charge in [-0.3, -0.25) is 4.79 Å². The van der Waals surface area contributed by atoms with Crippen molar-refractivity contribution < 1.29 is 4.79 Å². The number of fused-ring (bicyclic) bond motifs is 1. The number of unbranched alkanes of at least 4 members (excludes halogenated alkanes) is 2. The number of carbonyl (C=O) groups excluding carboxylic acids is 1. The molecular formula is C15H18ClNOS. The highest BCUT2D eigenvalue weighted by Crippen LogP contribution is 2.35. The number of amides is 1. The second-order valence-electron chi connectivity index (χ2n) is 4.71. The lowest BCUT2D eigenvalue weighted by Crippen LogP contribution is -2.23. The molecule has 1 amide bonds. The highest BCUT2D eigenvalue weighted by Gasteiger charge is 2.16. The van der Waals surface area contributed by atoms with Crippen LogP contribution in [0.4, 0.5) is 0 Å². The van der Waals surface area contributed by atoms with Gasteiger partial charge in [-0.25, -0.2) is 0 Å². The van der Waals surface area contributed by atoms with Crippen LogP contribution in [0, 0.1) is 6.92 Å². The first-order valence-electron chi connectivity index (χ1n) is 6.60. The Morgan fingerprint density at radius 1 is 1.37 bits per heavy atom. The lowest BCUT2D eigenvalue weighted by atomic mass is 10.2. The van der Waals surface area contributed by atoms with Gasteiger partial charge in [-0.05, 0) is 25.0 Å². The van der Waals surface area contributed by atoms with Gasteiger partial charge in [0.15, 0.2) is 0 Å². The average molecular weight is 296 g/mol. The van der Waals surface area contributed by atoms with E-state index in [-0.39, 0.29) is 5.91 Å². The largest absolute Gasteiger partial charge is 0.351 e. The van der Waals surface area contributed by atoms with Crippen LogP contribution in [0.3, 0.4) is 0 Å². The summed E-state index contributed by atoms with van der Waals surface area (Å²) in [4.78, 5) is 12.7. The van der Waals surface area contributed by atoms with E-state index in [2.05, 4.69) is 18.3 Å². The predicted octanol–water partition coefficient (Wildman–Crippen LogP) is 4.78. The first-order valence-corrected chi connectivity index (χ1v) is 7.79. The van der Waals surface area contributed by atoms with Crippen LogP contribution < -0.4 is 5.32 Å². The van der Waals surface area contributed by atoms with Gasteiger partial charge in [0.25, 0.3) is 5.91 Å². The van der Waals surface area contributed by atoms with E-state index in [0.717, 1.165) is 35.9 Å². The maximum atomic E-state index is 12.1. The fourth-order valence-corrected chi connectivity index (χ4v) is 3.51. The minimum atomic E-state index is -0.0556. The number of benzene rings is 1. The van der Waals surface area contributed by atoms with Crippen molar-refractivity contribution in [2.75, 3.05) is 6.54 Å². The zero-order valence-electron chi connectivity index (χ0n) is 11.3. The Kier molecular flexibility index (Phi) is 4.83. The minimum Gasteiger partial charge on any atom is -0.351 e. The van der Waals surface area contributed by atoms with Crippen LogP contribution in [0.25, 0.3) is 10.1 Å². The number of thiophene rings is 1. The standard InChI is InChI=1S/C15H18ClNOS/c1-3-4-5-8-17-15(18)14-13(16)11-7-6-10(2)9-12(11)19-14/h6-7,9H,3-5,8H2,1-2H3,(H,17,18). The molecule has 0 unspecified atom stereocenters. The molecule has 1 N–H and O–H groups in total. The molecule has 0 saturated carbocycles. The van der Waals surface area contributed by atoms with Gasteiger partial charge in [0, 0.05) is 16.6 Å². The number of hydrogen-bond donors (Lipinski definition) is 1. The van der Waals surface area contributed by atoms with Crippen LogP contribution in [0.5, 0.6) is 0 Å². The van der Waals surface area contributed by atoms with Crippen LogP contribution in [0.1, 0.15) is 41.4 Å². The highest BCUT2D eigenvalue weighted by molar-refractivity contribution is 7.21. The number of nitrogens with one attached hydrogen (secondary N) is 1. The zero-order valence-corrected chi connectivity index (χ0v) is 12.8. The van der Waals surface area contributed by atoms with E-state index in [4.69, 9.17) is 11.6 Å². The lowest BCUT2D eigenvalue weighted by molar-refractivity contribution is 0.0957. The van der Waals surface area contributed by atoms with E-state index in [1.165, 1.54) is 16.9 Å². The fourth-order valence-electron chi connectivity index (χ4n) is 1.98. The summed E-state index contributed by atoms with van der Waals surface area (Å²) < 4.78 is 1.07. The molecule has 2 rings (SSSR count). The zero-order chi connectivity index (χ0) is 13.8. The van der Waals surface area contributed by atoms with Gasteiger partial charge in [0.05, 0.1) is 5.02 Å². The second kappa shape index (κ2) is 6.40. The van der Waals surface area contributed by atoms with Gasteiger partial charge in [0.1, 0.15) is 4.88 Å². The summed E-state index contributed by atoms with van der Waals surface area (Å²) in [5, 5.41) is 4.48. The Hall–Kier alpha value is -1.06. The maximum Gasteiger partial charge on any atom is 0.262 e. The SMILES string of the molecule is CCCCCNC(=O)c1sc2cc(C)ccc2c1Cl. The van der Waals surface area contributed by atoms with Gasteiger partial charge in [0.2, 0.25) is 0 Å². The Labute approximate surface area is 122 Å². The Morgan fingerprint density at radius 3 is 2.89 bits per heavy atom. The first kappa shape index (κ1) is 14.4. The third-order valence-electron chi connectivity index (χ3n) is 3.06. The van der Waals surface area contributed by atoms with Gasteiger partial charge >= 0.3 is 0 Å². The van der Waals surface area contributed by atoms with Gasteiger partial charge in [-0.1, -0.05) is 43.5 Å². The van der Waals surface area contributed by atoms with E-state index in [1.807, 2.05) is 19.1 Å². The van der Waals surface area contributed by atoms with E-state index in [1.54, 1.807) is 0 Å². The molecule has 0 bridgehead atoms. The topological polar surface area (TPSA) is 29.1 Å². The Bertz CT molecular complexity index is 591. The van der Waals surface area contributed by atoms with E-state index in [0.29, 0.717) is 9.90 Å². The summed E-state index contributed by atoms with van der Waals surface area (Å²) >= 11 is 7.76. The van der Waals surface area contributed by atoms with Crippen molar-refractivity contribution in [1.29, 1.82) is 0 Å². The van der Waals surface area contributed by atoms with E-state index in [9.17, 15) is 4.79 Å². The summed E-state index contributed by atoms with van der Waals surface area (Å²) in [5.41, 5.74) is 1.18. The molecular weight excluding hydrogens is 278 g/mol. The molecule has 19 heavy (non-hydrogen) atoms. The predicted molar refractivity (Wildman–Crippen MR) is 83.4 cm³/mol. The second-order valence-corrected chi connectivity index (χ2v) is 6.14. The van der Waals surface area contributed by atoms with Gasteiger partial charge in [-0.15, -0.1) is 11.3 Å². The third-order valence-corrected chi connectivity index (χ3v) is 4.71. The number of aryl methyl sites for hydroxylation is 1. The van der Waals surface area contributed by atoms with Crippen LogP contribution in [0.2, 0.25) is 5.02 Å². The van der Waals surface area contributed by atoms with Crippen molar-refractivity contribution in [3.8, 4) is 0 Å². The quantitative estimate of drug-likeness (QED) is 0.790. The van der Waals surface area contributed by atoms with Crippen molar-refractivity contribution in [3.63, 3.8) is 0 Å². The van der Waals surface area contributed by atoms with Crippen LogP contribution in [0.15, 0.2) is 18.2 Å². The summed E-state index contributed by atoms with van der Waals surface area (Å²) in [6.07, 6.45) is 3.31. The molecule has 2 aromatic rings. The normalized spacial score (nSPS) is 10.9. The molecule has 0 saturated heterocycles. The molecule has 0 spiro atoms. The number of halogens is 1. The number of rotatable bonds is 5. The van der Waals surface area contributed by atoms with Crippen molar-refractivity contribution in [2.45, 2.75) is 33.1 Å². The molecule has 0 aliphatic rings. The van der Waals surface area contributed by atoms with Crippen molar-refractivity contribution in [2.24, 2.45) is 0 Å². The number of carbonyl (C=O) groups is 1. The highest BCUT2D eigenvalue weighted by atomic mass is 35.5. The molecule has 102 valence electrons. The average Bonchev–Trinajstić information content (AvgIpc) is 2.71. The van der Waals surface area contributed by atoms with Crippen LogP contribution in [-0.4, -0.2) is 12.5 Å². The molecule has 0 radical (unpaired) electrons. The molecule has 1 heterocycles. The smallest absolute Gasteiger partial charge is 0.262 e. The van der Waals surface area contributed by atoms with Gasteiger partial charge in [-0.2, -0.15) is 0 Å². The van der Waals surface area contributed by atoms with Crippen molar-refractivity contribution in [3.05, 3.63) is 33.7 Å². The molecule has 0 fully saturated rings. The monoisotopic (exact) mass is 295 g/mol. The van der Waals surface area contributed by atoms with Gasteiger partial charge < -0.3 is 5.32 Å². The van der Waals surface area contributed by atoms with Crippen LogP contribution >= 0.6 is 22.9 Å². The third kappa shape index (κ3) is 3.28. The molecule has 0 atom stereocenters. The molecule has 2 nitrogen and oxygen atoms in total. The van der Waals surface area contributed by atoms with Crippen LogP contribution in [-0.2, 0) is 0 Å². The molecule has 0 aliphatic heterocycles. The summed E-state index contributed by atoms with van der Waals surface area (Å²) in [6, 6.07) is 6.07. The summed E-state index contributed by atoms with van der Waals surface area (Å²) in [6.45, 7) is 4.90. The molecule has 1 aromatic carbocycles. The fraction of sp³-hybridized carbons (Fsp3) is 0.400.